The van der Waals surface area contributed by atoms with Crippen LogP contribution >= 0.6 is 35.3 Å². The van der Waals surface area contributed by atoms with Crippen molar-refractivity contribution in [3.05, 3.63) is 40.7 Å². The Morgan fingerprint density at radius 3 is 2.69 bits per heavy atom. The second-order valence-electron chi connectivity index (χ2n) is 5.52. The average Bonchev–Trinajstić information content (AvgIpc) is 3.12. The van der Waals surface area contributed by atoms with Gasteiger partial charge in [-0.1, -0.05) is 30.3 Å². The fourth-order valence-electron chi connectivity index (χ4n) is 2.29. The summed E-state index contributed by atoms with van der Waals surface area (Å²) in [6.45, 7) is 8.04. The van der Waals surface area contributed by atoms with Gasteiger partial charge in [0.15, 0.2) is 5.96 Å². The van der Waals surface area contributed by atoms with Crippen molar-refractivity contribution in [1.29, 1.82) is 0 Å². The Morgan fingerprint density at radius 2 is 1.96 bits per heavy atom. The van der Waals surface area contributed by atoms with Crippen molar-refractivity contribution in [3.8, 4) is 11.3 Å². The zero-order chi connectivity index (χ0) is 17.7. The summed E-state index contributed by atoms with van der Waals surface area (Å²) in [5, 5.41) is 9.76. The number of aromatic nitrogens is 1. The highest BCUT2D eigenvalue weighted by atomic mass is 127. The summed E-state index contributed by atoms with van der Waals surface area (Å²) in [6.07, 6.45) is 2.13. The van der Waals surface area contributed by atoms with E-state index in [4.69, 9.17) is 4.74 Å². The molecule has 26 heavy (non-hydrogen) atoms. The number of hydrogen-bond acceptors (Lipinski definition) is 4. The first-order valence-electron chi connectivity index (χ1n) is 8.93. The first kappa shape index (κ1) is 22.9. The van der Waals surface area contributed by atoms with Crippen LogP contribution in [0.2, 0.25) is 0 Å². The van der Waals surface area contributed by atoms with Crippen molar-refractivity contribution in [2.75, 3.05) is 26.3 Å². The molecule has 0 fully saturated rings. The van der Waals surface area contributed by atoms with Gasteiger partial charge in [0, 0.05) is 37.2 Å². The number of unbranched alkanes of at least 4 members (excludes halogenated alkanes) is 1. The lowest BCUT2D eigenvalue weighted by Gasteiger charge is -2.10. The molecule has 2 rings (SSSR count). The number of benzene rings is 1. The number of nitrogens with zero attached hydrogens (tertiary/aromatic N) is 2. The second-order valence-corrected chi connectivity index (χ2v) is 6.46. The third-order valence-electron chi connectivity index (χ3n) is 3.55. The van der Waals surface area contributed by atoms with Crippen molar-refractivity contribution in [2.24, 2.45) is 4.99 Å². The van der Waals surface area contributed by atoms with Crippen LogP contribution < -0.4 is 10.6 Å². The van der Waals surface area contributed by atoms with E-state index in [0.29, 0.717) is 6.54 Å². The highest BCUT2D eigenvalue weighted by Crippen LogP contribution is 2.21. The van der Waals surface area contributed by atoms with Gasteiger partial charge in [0.05, 0.1) is 12.2 Å². The van der Waals surface area contributed by atoms with Crippen LogP contribution in [0.1, 0.15) is 31.7 Å². The molecule has 0 aliphatic heterocycles. The SMILES string of the molecule is CCNC(=NCc1nc(-c2ccccc2)cs1)NCCCCOCC.I. The highest BCUT2D eigenvalue weighted by molar-refractivity contribution is 14.0. The van der Waals surface area contributed by atoms with Crippen LogP contribution in [0.5, 0.6) is 0 Å². The largest absolute Gasteiger partial charge is 0.382 e. The molecule has 5 nitrogen and oxygen atoms in total. The topological polar surface area (TPSA) is 58.5 Å². The Kier molecular flexibility index (Phi) is 12.3. The molecule has 0 radical (unpaired) electrons. The van der Waals surface area contributed by atoms with E-state index in [0.717, 1.165) is 61.4 Å². The normalized spacial score (nSPS) is 11.1. The molecule has 0 amide bonds. The number of halogens is 1. The number of nitrogens with one attached hydrogen (secondary N) is 2. The van der Waals surface area contributed by atoms with Crippen LogP contribution in [-0.4, -0.2) is 37.2 Å². The average molecular weight is 488 g/mol. The smallest absolute Gasteiger partial charge is 0.191 e. The minimum Gasteiger partial charge on any atom is -0.382 e. The van der Waals surface area contributed by atoms with Crippen LogP contribution in [0.25, 0.3) is 11.3 Å². The molecule has 1 aromatic heterocycles. The number of rotatable bonds is 10. The number of aliphatic imine (C=N–C) groups is 1. The molecule has 2 N–H and O–H groups in total. The number of guanidine groups is 1. The monoisotopic (exact) mass is 488 g/mol. The molecule has 2 aromatic rings. The van der Waals surface area contributed by atoms with Crippen LogP contribution in [0, 0.1) is 0 Å². The fraction of sp³-hybridized carbons (Fsp3) is 0.474. The molecule has 1 aromatic carbocycles. The zero-order valence-corrected chi connectivity index (χ0v) is 18.7. The minimum absolute atomic E-state index is 0. The first-order chi connectivity index (χ1) is 12.3. The second kappa shape index (κ2) is 13.9. The van der Waals surface area contributed by atoms with Gasteiger partial charge < -0.3 is 15.4 Å². The van der Waals surface area contributed by atoms with E-state index in [-0.39, 0.29) is 24.0 Å². The summed E-state index contributed by atoms with van der Waals surface area (Å²) in [6, 6.07) is 10.2. The maximum absolute atomic E-state index is 5.35. The van der Waals surface area contributed by atoms with Crippen LogP contribution in [0.4, 0.5) is 0 Å². The third kappa shape index (κ3) is 8.46. The van der Waals surface area contributed by atoms with Crippen LogP contribution in [-0.2, 0) is 11.3 Å². The van der Waals surface area contributed by atoms with E-state index in [1.807, 2.05) is 25.1 Å². The Hall–Kier alpha value is -1.19. The van der Waals surface area contributed by atoms with Gasteiger partial charge in [-0.05, 0) is 26.7 Å². The Bertz CT molecular complexity index is 633. The van der Waals surface area contributed by atoms with Crippen LogP contribution in [0.3, 0.4) is 0 Å². The number of thiazole rings is 1. The Labute approximate surface area is 177 Å². The maximum Gasteiger partial charge on any atom is 0.191 e. The Balaban J connectivity index is 0.00000338. The fourth-order valence-corrected chi connectivity index (χ4v) is 3.02. The molecule has 0 spiro atoms. The standard InChI is InChI=1S/C19H28N4OS.HI/c1-3-20-19(21-12-8-9-13-24-4-2)22-14-18-23-17(15-25-18)16-10-6-5-7-11-16;/h5-7,10-11,15H,3-4,8-9,12-14H2,1-2H3,(H2,20,21,22);1H. The zero-order valence-electron chi connectivity index (χ0n) is 15.5. The molecule has 0 atom stereocenters. The van der Waals surface area contributed by atoms with E-state index >= 15 is 0 Å². The van der Waals surface area contributed by atoms with E-state index in [2.05, 4.69) is 45.0 Å². The lowest BCUT2D eigenvalue weighted by atomic mass is 10.2. The van der Waals surface area contributed by atoms with Crippen LogP contribution in [0.15, 0.2) is 40.7 Å². The van der Waals surface area contributed by atoms with Crippen molar-refractivity contribution in [3.63, 3.8) is 0 Å². The molecule has 0 unspecified atom stereocenters. The highest BCUT2D eigenvalue weighted by Gasteiger charge is 2.04. The molecule has 0 saturated heterocycles. The molecule has 0 aliphatic carbocycles. The quantitative estimate of drug-likeness (QED) is 0.227. The van der Waals surface area contributed by atoms with Crippen molar-refractivity contribution < 1.29 is 4.74 Å². The summed E-state index contributed by atoms with van der Waals surface area (Å²) in [5.74, 6) is 0.843. The van der Waals surface area contributed by atoms with Gasteiger partial charge in [-0.3, -0.25) is 0 Å². The molecular formula is C19H29IN4OS. The predicted octanol–water partition coefficient (Wildman–Crippen LogP) is 4.30. The Morgan fingerprint density at radius 1 is 1.15 bits per heavy atom. The van der Waals surface area contributed by atoms with Gasteiger partial charge in [-0.15, -0.1) is 35.3 Å². The van der Waals surface area contributed by atoms with Gasteiger partial charge in [0.1, 0.15) is 5.01 Å². The predicted molar refractivity (Wildman–Crippen MR) is 122 cm³/mol. The maximum atomic E-state index is 5.35. The van der Waals surface area contributed by atoms with Gasteiger partial charge in [0.25, 0.3) is 0 Å². The molecular weight excluding hydrogens is 459 g/mol. The van der Waals surface area contributed by atoms with E-state index < -0.39 is 0 Å². The molecule has 0 saturated carbocycles. The van der Waals surface area contributed by atoms with E-state index in [9.17, 15) is 0 Å². The van der Waals surface area contributed by atoms with Gasteiger partial charge in [0.2, 0.25) is 0 Å². The summed E-state index contributed by atoms with van der Waals surface area (Å²) >= 11 is 1.65. The van der Waals surface area contributed by atoms with Gasteiger partial charge in [-0.25, -0.2) is 9.98 Å². The summed E-state index contributed by atoms with van der Waals surface area (Å²) < 4.78 is 5.35. The molecule has 7 heteroatoms. The third-order valence-corrected chi connectivity index (χ3v) is 4.38. The summed E-state index contributed by atoms with van der Waals surface area (Å²) in [5.41, 5.74) is 2.16. The van der Waals surface area contributed by atoms with E-state index in [1.54, 1.807) is 11.3 Å². The molecule has 0 bridgehead atoms. The van der Waals surface area contributed by atoms with E-state index in [1.165, 1.54) is 0 Å². The molecule has 144 valence electrons. The summed E-state index contributed by atoms with van der Waals surface area (Å²) in [7, 11) is 0. The lowest BCUT2D eigenvalue weighted by Crippen LogP contribution is -2.37. The van der Waals surface area contributed by atoms with Crippen molar-refractivity contribution in [2.45, 2.75) is 33.2 Å². The van der Waals surface area contributed by atoms with Crippen molar-refractivity contribution >= 4 is 41.3 Å². The minimum atomic E-state index is 0. The lowest BCUT2D eigenvalue weighted by molar-refractivity contribution is 0.143. The van der Waals surface area contributed by atoms with Crippen molar-refractivity contribution in [1.82, 2.24) is 15.6 Å². The number of ether oxygens (including phenoxy) is 1. The molecule has 0 aliphatic rings. The van der Waals surface area contributed by atoms with Gasteiger partial charge in [-0.2, -0.15) is 0 Å². The molecule has 1 heterocycles. The summed E-state index contributed by atoms with van der Waals surface area (Å²) in [4.78, 5) is 9.32. The first-order valence-corrected chi connectivity index (χ1v) is 9.81. The van der Waals surface area contributed by atoms with Gasteiger partial charge >= 0.3 is 0 Å². The number of hydrogen-bond donors (Lipinski definition) is 2.